The Morgan fingerprint density at radius 3 is 1.04 bits per heavy atom. The van der Waals surface area contributed by atoms with Crippen LogP contribution in [0.2, 0.25) is 0 Å². The molecule has 57 heavy (non-hydrogen) atoms. The van der Waals surface area contributed by atoms with E-state index in [0.29, 0.717) is 36.6 Å². The third kappa shape index (κ3) is 33.5. The number of benzene rings is 1. The standard InChI is InChI=1S/C52H96N2O3/c1-4-7-10-13-15-17-19-21-23-25-27-29-31-33-35-37-39-44-53-51(55)48-42-43-49(50(47-48)57-46-41-12-9-6-3)52(56)54-45-40-38-36-34-32-30-28-26-24-22-20-18-16-14-11-8-5-2/h42-43,47H,4-41,44-46H2,1-3H3,(H,53,55)(H,54,56). The molecule has 0 saturated heterocycles. The largest absolute Gasteiger partial charge is 0.493 e. The topological polar surface area (TPSA) is 67.4 Å². The fourth-order valence-electron chi connectivity index (χ4n) is 7.98. The van der Waals surface area contributed by atoms with Crippen molar-refractivity contribution in [2.24, 2.45) is 0 Å². The molecule has 1 aromatic rings. The maximum atomic E-state index is 13.2. The van der Waals surface area contributed by atoms with Crippen molar-refractivity contribution in [1.82, 2.24) is 10.6 Å². The molecule has 2 amide bonds. The number of unbranched alkanes of at least 4 members (excludes halogenated alkanes) is 35. The van der Waals surface area contributed by atoms with E-state index >= 15 is 0 Å². The summed E-state index contributed by atoms with van der Waals surface area (Å²) in [4.78, 5) is 26.3. The van der Waals surface area contributed by atoms with Crippen molar-refractivity contribution in [3.63, 3.8) is 0 Å². The van der Waals surface area contributed by atoms with Crippen LogP contribution < -0.4 is 15.4 Å². The summed E-state index contributed by atoms with van der Waals surface area (Å²) in [5.74, 6) is 0.333. The second-order valence-corrected chi connectivity index (χ2v) is 17.4. The van der Waals surface area contributed by atoms with Gasteiger partial charge in [-0.25, -0.2) is 0 Å². The van der Waals surface area contributed by atoms with Crippen molar-refractivity contribution in [3.8, 4) is 5.75 Å². The average Bonchev–Trinajstić information content (AvgIpc) is 3.22. The summed E-state index contributed by atoms with van der Waals surface area (Å²) in [6.45, 7) is 8.70. The van der Waals surface area contributed by atoms with E-state index in [4.69, 9.17) is 4.74 Å². The van der Waals surface area contributed by atoms with Crippen molar-refractivity contribution in [1.29, 1.82) is 0 Å². The molecule has 1 aromatic carbocycles. The first-order chi connectivity index (χ1) is 28.1. The molecule has 0 aromatic heterocycles. The van der Waals surface area contributed by atoms with Gasteiger partial charge >= 0.3 is 0 Å². The van der Waals surface area contributed by atoms with Gasteiger partial charge in [0.15, 0.2) is 0 Å². The fraction of sp³-hybridized carbons (Fsp3) is 0.846. The zero-order valence-electron chi connectivity index (χ0n) is 38.4. The molecule has 0 bridgehead atoms. The Labute approximate surface area is 355 Å². The molecular formula is C52H96N2O3. The van der Waals surface area contributed by atoms with Crippen molar-refractivity contribution in [2.75, 3.05) is 19.7 Å². The van der Waals surface area contributed by atoms with Crippen LogP contribution in [0.3, 0.4) is 0 Å². The van der Waals surface area contributed by atoms with E-state index in [1.165, 1.54) is 205 Å². The minimum atomic E-state index is -0.106. The molecule has 0 atom stereocenters. The van der Waals surface area contributed by atoms with Crippen LogP contribution in [-0.2, 0) is 0 Å². The fourth-order valence-corrected chi connectivity index (χ4v) is 7.98. The summed E-state index contributed by atoms with van der Waals surface area (Å²) < 4.78 is 6.14. The number of amides is 2. The molecule has 0 heterocycles. The van der Waals surface area contributed by atoms with Crippen LogP contribution >= 0.6 is 0 Å². The number of carbonyl (C=O) groups is 2. The van der Waals surface area contributed by atoms with Crippen molar-refractivity contribution < 1.29 is 14.3 Å². The summed E-state index contributed by atoms with van der Waals surface area (Å²) in [6, 6.07) is 5.32. The Morgan fingerprint density at radius 1 is 0.386 bits per heavy atom. The van der Waals surface area contributed by atoms with Crippen molar-refractivity contribution in [2.45, 2.75) is 265 Å². The van der Waals surface area contributed by atoms with Crippen LogP contribution in [0.1, 0.15) is 285 Å². The molecule has 0 aliphatic heterocycles. The molecule has 5 nitrogen and oxygen atoms in total. The first-order valence-corrected chi connectivity index (χ1v) is 25.5. The number of nitrogens with one attached hydrogen (secondary N) is 2. The monoisotopic (exact) mass is 797 g/mol. The predicted octanol–water partition coefficient (Wildman–Crippen LogP) is 16.4. The maximum absolute atomic E-state index is 13.2. The van der Waals surface area contributed by atoms with E-state index in [9.17, 15) is 9.59 Å². The second kappa shape index (κ2) is 42.1. The van der Waals surface area contributed by atoms with Crippen LogP contribution in [0.5, 0.6) is 5.75 Å². The second-order valence-electron chi connectivity index (χ2n) is 17.4. The van der Waals surface area contributed by atoms with E-state index in [-0.39, 0.29) is 11.8 Å². The number of carbonyl (C=O) groups excluding carboxylic acids is 2. The minimum Gasteiger partial charge on any atom is -0.493 e. The molecule has 0 saturated carbocycles. The first-order valence-electron chi connectivity index (χ1n) is 25.5. The van der Waals surface area contributed by atoms with Crippen LogP contribution in [0.25, 0.3) is 0 Å². The first kappa shape index (κ1) is 53.0. The van der Waals surface area contributed by atoms with Crippen molar-refractivity contribution >= 4 is 11.8 Å². The minimum absolute atomic E-state index is 0.0854. The van der Waals surface area contributed by atoms with Gasteiger partial charge in [-0.05, 0) is 37.5 Å². The lowest BCUT2D eigenvalue weighted by Gasteiger charge is -2.14. The van der Waals surface area contributed by atoms with Gasteiger partial charge in [0.2, 0.25) is 0 Å². The Bertz CT molecular complexity index is 1030. The van der Waals surface area contributed by atoms with Gasteiger partial charge in [-0.2, -0.15) is 0 Å². The normalized spacial score (nSPS) is 11.3. The summed E-state index contributed by atoms with van der Waals surface area (Å²) in [7, 11) is 0. The zero-order valence-corrected chi connectivity index (χ0v) is 38.4. The SMILES string of the molecule is CCCCCCCCCCCCCCCCCCCNC(=O)c1ccc(C(=O)NCCCCCCCCCCCCCCCCCCC)c(OCCCCCC)c1. The van der Waals surface area contributed by atoms with E-state index in [1.807, 2.05) is 0 Å². The summed E-state index contributed by atoms with van der Waals surface area (Å²) in [5, 5.41) is 6.22. The molecule has 332 valence electrons. The molecule has 0 unspecified atom stereocenters. The summed E-state index contributed by atoms with van der Waals surface area (Å²) in [6.07, 6.45) is 50.3. The Morgan fingerprint density at radius 2 is 0.684 bits per heavy atom. The van der Waals surface area contributed by atoms with E-state index in [1.54, 1.807) is 18.2 Å². The molecule has 0 spiro atoms. The molecule has 1 rings (SSSR count). The average molecular weight is 797 g/mol. The molecule has 0 aliphatic rings. The van der Waals surface area contributed by atoms with Gasteiger partial charge in [0.25, 0.3) is 11.8 Å². The highest BCUT2D eigenvalue weighted by Crippen LogP contribution is 2.22. The molecular weight excluding hydrogens is 701 g/mol. The smallest absolute Gasteiger partial charge is 0.255 e. The van der Waals surface area contributed by atoms with Crippen LogP contribution in [0, 0.1) is 0 Å². The van der Waals surface area contributed by atoms with E-state index in [2.05, 4.69) is 31.4 Å². The lowest BCUT2D eigenvalue weighted by molar-refractivity contribution is 0.0937. The molecule has 5 heteroatoms. The van der Waals surface area contributed by atoms with Gasteiger partial charge in [0.05, 0.1) is 12.2 Å². The highest BCUT2D eigenvalue weighted by atomic mass is 16.5. The number of hydrogen-bond donors (Lipinski definition) is 2. The van der Waals surface area contributed by atoms with Gasteiger partial charge in [-0.3, -0.25) is 9.59 Å². The Kier molecular flexibility index (Phi) is 39.1. The molecule has 0 aliphatic carbocycles. The molecule has 0 radical (unpaired) electrons. The quantitative estimate of drug-likeness (QED) is 0.0646. The Hall–Kier alpha value is -2.04. The lowest BCUT2D eigenvalue weighted by Crippen LogP contribution is -2.26. The highest BCUT2D eigenvalue weighted by Gasteiger charge is 2.16. The lowest BCUT2D eigenvalue weighted by atomic mass is 10.0. The third-order valence-corrected chi connectivity index (χ3v) is 11.9. The maximum Gasteiger partial charge on any atom is 0.255 e. The van der Waals surface area contributed by atoms with Crippen LogP contribution in [0.4, 0.5) is 0 Å². The molecule has 0 fully saturated rings. The number of hydrogen-bond acceptors (Lipinski definition) is 3. The van der Waals surface area contributed by atoms with E-state index < -0.39 is 0 Å². The summed E-state index contributed by atoms with van der Waals surface area (Å²) in [5.41, 5.74) is 1.09. The van der Waals surface area contributed by atoms with Crippen LogP contribution in [-0.4, -0.2) is 31.5 Å². The number of rotatable bonds is 44. The van der Waals surface area contributed by atoms with Crippen molar-refractivity contribution in [3.05, 3.63) is 29.3 Å². The van der Waals surface area contributed by atoms with Crippen LogP contribution in [0.15, 0.2) is 18.2 Å². The molecule has 2 N–H and O–H groups in total. The predicted molar refractivity (Wildman–Crippen MR) is 249 cm³/mol. The Balaban J connectivity index is 2.21. The van der Waals surface area contributed by atoms with E-state index in [0.717, 1.165) is 38.5 Å². The highest BCUT2D eigenvalue weighted by molar-refractivity contribution is 6.00. The third-order valence-electron chi connectivity index (χ3n) is 11.9. The number of ether oxygens (including phenoxy) is 1. The van der Waals surface area contributed by atoms with Gasteiger partial charge in [0, 0.05) is 18.7 Å². The van der Waals surface area contributed by atoms with Gasteiger partial charge in [-0.1, -0.05) is 245 Å². The van der Waals surface area contributed by atoms with Gasteiger partial charge in [0.1, 0.15) is 5.75 Å². The van der Waals surface area contributed by atoms with Gasteiger partial charge in [-0.15, -0.1) is 0 Å². The summed E-state index contributed by atoms with van der Waals surface area (Å²) >= 11 is 0. The van der Waals surface area contributed by atoms with Gasteiger partial charge < -0.3 is 15.4 Å². The zero-order chi connectivity index (χ0) is 41.1.